The van der Waals surface area contributed by atoms with Gasteiger partial charge < -0.3 is 24.3 Å². The quantitative estimate of drug-likeness (QED) is 0.609. The van der Waals surface area contributed by atoms with Gasteiger partial charge in [0.05, 0.1) is 31.3 Å². The molecule has 1 fully saturated rings. The first kappa shape index (κ1) is 21.5. The average Bonchev–Trinajstić information content (AvgIpc) is 2.84. The number of benzene rings is 1. The molecule has 2 aromatic heterocycles. The first-order chi connectivity index (χ1) is 16.2. The lowest BCUT2D eigenvalue weighted by Gasteiger charge is -2.33. The molecule has 8 nitrogen and oxygen atoms in total. The molecule has 0 unspecified atom stereocenters. The number of nitrogens with zero attached hydrogens (tertiary/aromatic N) is 3. The van der Waals surface area contributed by atoms with Crippen LogP contribution in [0, 0.1) is 6.92 Å². The zero-order chi connectivity index (χ0) is 22.6. The minimum atomic E-state index is -0.0897. The van der Waals surface area contributed by atoms with Crippen molar-refractivity contribution in [3.8, 4) is 17.2 Å². The van der Waals surface area contributed by atoms with Gasteiger partial charge in [0.1, 0.15) is 30.9 Å². The van der Waals surface area contributed by atoms with Crippen LogP contribution in [-0.2, 0) is 11.3 Å². The van der Waals surface area contributed by atoms with Crippen molar-refractivity contribution >= 4 is 11.5 Å². The molecular weight excluding hydrogens is 420 g/mol. The number of morpholine rings is 1. The molecule has 2 aliphatic heterocycles. The smallest absolute Gasteiger partial charge is 0.165 e. The summed E-state index contributed by atoms with van der Waals surface area (Å²) in [6.07, 6.45) is 1.74. The van der Waals surface area contributed by atoms with Gasteiger partial charge in [-0.25, -0.2) is 4.98 Å². The highest BCUT2D eigenvalue weighted by Gasteiger charge is 2.25. The number of fused-ring (bicyclic) bond motifs is 1. The van der Waals surface area contributed by atoms with Gasteiger partial charge in [-0.15, -0.1) is 0 Å². The molecule has 0 radical (unpaired) electrons. The van der Waals surface area contributed by atoms with Crippen molar-refractivity contribution in [2.45, 2.75) is 19.6 Å². The Kier molecular flexibility index (Phi) is 6.28. The van der Waals surface area contributed by atoms with Crippen LogP contribution < -0.4 is 19.5 Å². The molecule has 0 saturated carbocycles. The number of pyridine rings is 2. The molecule has 0 amide bonds. The Balaban J connectivity index is 1.25. The largest absolute Gasteiger partial charge is 0.496 e. The molecule has 0 spiro atoms. The van der Waals surface area contributed by atoms with Crippen LogP contribution >= 0.6 is 0 Å². The van der Waals surface area contributed by atoms with Crippen molar-refractivity contribution in [2.24, 2.45) is 0 Å². The van der Waals surface area contributed by atoms with Crippen LogP contribution in [0.25, 0.3) is 0 Å². The number of ether oxygens (including phenoxy) is 4. The SMILES string of the molecule is COc1cc2c(cc1CN1CCO[C@H](c3ccc(Nc4cccc(C)n4)cn3)C1)OCCO2. The van der Waals surface area contributed by atoms with Crippen LogP contribution in [0.2, 0.25) is 0 Å². The molecule has 1 N–H and O–H groups in total. The van der Waals surface area contributed by atoms with Crippen LogP contribution in [0.5, 0.6) is 17.2 Å². The van der Waals surface area contributed by atoms with Crippen molar-refractivity contribution in [1.82, 2.24) is 14.9 Å². The van der Waals surface area contributed by atoms with E-state index in [4.69, 9.17) is 18.9 Å². The fraction of sp³-hybridized carbons (Fsp3) is 0.360. The Morgan fingerprint density at radius 2 is 1.94 bits per heavy atom. The zero-order valence-corrected chi connectivity index (χ0v) is 18.9. The fourth-order valence-corrected chi connectivity index (χ4v) is 4.12. The van der Waals surface area contributed by atoms with Crippen LogP contribution in [0.3, 0.4) is 0 Å². The van der Waals surface area contributed by atoms with Gasteiger partial charge in [-0.2, -0.15) is 0 Å². The Labute approximate surface area is 193 Å². The molecule has 1 atom stereocenters. The summed E-state index contributed by atoms with van der Waals surface area (Å²) in [6, 6.07) is 13.9. The first-order valence-electron chi connectivity index (χ1n) is 11.1. The highest BCUT2D eigenvalue weighted by molar-refractivity contribution is 5.55. The molecule has 5 rings (SSSR count). The molecule has 1 saturated heterocycles. The van der Waals surface area contributed by atoms with Gasteiger partial charge in [0.15, 0.2) is 11.5 Å². The van der Waals surface area contributed by atoms with Gasteiger partial charge >= 0.3 is 0 Å². The summed E-state index contributed by atoms with van der Waals surface area (Å²) in [7, 11) is 1.68. The average molecular weight is 449 g/mol. The number of aryl methyl sites for hydroxylation is 1. The monoisotopic (exact) mass is 448 g/mol. The molecule has 8 heteroatoms. The second kappa shape index (κ2) is 9.64. The molecular formula is C25H28N4O4. The van der Waals surface area contributed by atoms with E-state index in [0.717, 1.165) is 65.3 Å². The highest BCUT2D eigenvalue weighted by Crippen LogP contribution is 2.37. The lowest BCUT2D eigenvalue weighted by atomic mass is 10.1. The molecule has 33 heavy (non-hydrogen) atoms. The van der Waals surface area contributed by atoms with Gasteiger partial charge in [-0.1, -0.05) is 6.07 Å². The van der Waals surface area contributed by atoms with Crippen molar-refractivity contribution in [2.75, 3.05) is 45.3 Å². The third-order valence-corrected chi connectivity index (χ3v) is 5.77. The minimum absolute atomic E-state index is 0.0897. The highest BCUT2D eigenvalue weighted by atomic mass is 16.6. The summed E-state index contributed by atoms with van der Waals surface area (Å²) >= 11 is 0. The number of nitrogens with one attached hydrogen (secondary N) is 1. The summed E-state index contributed by atoms with van der Waals surface area (Å²) in [5, 5.41) is 3.29. The van der Waals surface area contributed by atoms with E-state index < -0.39 is 0 Å². The van der Waals surface area contributed by atoms with E-state index in [2.05, 4.69) is 20.2 Å². The molecule has 0 bridgehead atoms. The lowest BCUT2D eigenvalue weighted by Crippen LogP contribution is -2.38. The van der Waals surface area contributed by atoms with Crippen molar-refractivity contribution in [3.63, 3.8) is 0 Å². The number of anilines is 2. The van der Waals surface area contributed by atoms with E-state index >= 15 is 0 Å². The molecule has 172 valence electrons. The number of aromatic nitrogens is 2. The number of methoxy groups -OCH3 is 1. The maximum atomic E-state index is 6.04. The summed E-state index contributed by atoms with van der Waals surface area (Å²) in [5.74, 6) is 3.12. The first-order valence-corrected chi connectivity index (χ1v) is 11.1. The van der Waals surface area contributed by atoms with E-state index in [-0.39, 0.29) is 6.10 Å². The van der Waals surface area contributed by atoms with Crippen molar-refractivity contribution in [3.05, 3.63) is 65.6 Å². The van der Waals surface area contributed by atoms with Crippen LogP contribution in [0.1, 0.15) is 23.1 Å². The predicted octanol–water partition coefficient (Wildman–Crippen LogP) is 3.88. The van der Waals surface area contributed by atoms with Crippen LogP contribution in [0.4, 0.5) is 11.5 Å². The Bertz CT molecular complexity index is 1110. The summed E-state index contributed by atoms with van der Waals surface area (Å²) < 4.78 is 23.1. The molecule has 2 aliphatic rings. The third-order valence-electron chi connectivity index (χ3n) is 5.77. The molecule has 4 heterocycles. The van der Waals surface area contributed by atoms with Gasteiger partial charge in [0, 0.05) is 37.0 Å². The molecule has 3 aromatic rings. The minimum Gasteiger partial charge on any atom is -0.496 e. The van der Waals surface area contributed by atoms with Gasteiger partial charge in [0.2, 0.25) is 0 Å². The van der Waals surface area contributed by atoms with Crippen LogP contribution in [-0.4, -0.2) is 54.9 Å². The Hall–Kier alpha value is -3.36. The van der Waals surface area contributed by atoms with Gasteiger partial charge in [0.25, 0.3) is 0 Å². The Morgan fingerprint density at radius 3 is 2.70 bits per heavy atom. The normalized spacial score (nSPS) is 18.1. The van der Waals surface area contributed by atoms with Crippen molar-refractivity contribution in [1.29, 1.82) is 0 Å². The van der Waals surface area contributed by atoms with Crippen LogP contribution in [0.15, 0.2) is 48.7 Å². The summed E-state index contributed by atoms with van der Waals surface area (Å²) in [6.45, 7) is 6.06. The van der Waals surface area contributed by atoms with Gasteiger partial charge in [-0.3, -0.25) is 9.88 Å². The van der Waals surface area contributed by atoms with E-state index in [1.807, 2.05) is 55.6 Å². The maximum absolute atomic E-state index is 6.04. The van der Waals surface area contributed by atoms with E-state index in [9.17, 15) is 0 Å². The second-order valence-electron chi connectivity index (χ2n) is 8.16. The number of rotatable bonds is 6. The van der Waals surface area contributed by atoms with E-state index in [1.165, 1.54) is 0 Å². The van der Waals surface area contributed by atoms with Gasteiger partial charge in [-0.05, 0) is 37.3 Å². The third kappa shape index (κ3) is 5.02. The predicted molar refractivity (Wildman–Crippen MR) is 124 cm³/mol. The van der Waals surface area contributed by atoms with E-state index in [0.29, 0.717) is 19.8 Å². The molecule has 0 aliphatic carbocycles. The number of hydrogen-bond acceptors (Lipinski definition) is 8. The summed E-state index contributed by atoms with van der Waals surface area (Å²) in [5.41, 5.74) is 3.85. The Morgan fingerprint density at radius 1 is 1.09 bits per heavy atom. The summed E-state index contributed by atoms with van der Waals surface area (Å²) in [4.78, 5) is 11.5. The maximum Gasteiger partial charge on any atom is 0.165 e. The van der Waals surface area contributed by atoms with Crippen molar-refractivity contribution < 1.29 is 18.9 Å². The standard InChI is InChI=1S/C25H28N4O4/c1-17-4-3-5-25(27-17)28-19-6-7-20(26-14-19)24-16-29(8-9-31-24)15-18-12-22-23(13-21(18)30-2)33-11-10-32-22/h3-7,12-14,24H,8-11,15-16H2,1-2H3,(H,27,28)/t24-/m0/s1. The topological polar surface area (TPSA) is 78.0 Å². The second-order valence-corrected chi connectivity index (χ2v) is 8.16. The van der Waals surface area contributed by atoms with E-state index in [1.54, 1.807) is 7.11 Å². The zero-order valence-electron chi connectivity index (χ0n) is 18.9. The number of hydrogen-bond donors (Lipinski definition) is 1. The fourth-order valence-electron chi connectivity index (χ4n) is 4.12. The lowest BCUT2D eigenvalue weighted by molar-refractivity contribution is -0.0351. The molecule has 1 aromatic carbocycles.